The first kappa shape index (κ1) is 12.1. The normalized spacial score (nSPS) is 10.7. The molecule has 2 aromatic heterocycles. The summed E-state index contributed by atoms with van der Waals surface area (Å²) in [6.07, 6.45) is 1.37. The number of aromatic nitrogens is 3. The molecule has 2 heterocycles. The maximum absolute atomic E-state index is 11.1. The summed E-state index contributed by atoms with van der Waals surface area (Å²) in [6.45, 7) is 0. The lowest BCUT2D eigenvalue weighted by Crippen LogP contribution is -2.01. The number of carboxylic acid groups (broad SMARTS) is 1. The molecule has 0 aliphatic rings. The van der Waals surface area contributed by atoms with Gasteiger partial charge in [-0.1, -0.05) is 12.1 Å². The van der Waals surface area contributed by atoms with Gasteiger partial charge in [0.05, 0.1) is 22.0 Å². The summed E-state index contributed by atoms with van der Waals surface area (Å²) in [7, 11) is 0. The molecule has 0 unspecified atom stereocenters. The summed E-state index contributed by atoms with van der Waals surface area (Å²) in [5.74, 6) is -1.02. The fourth-order valence-electron chi connectivity index (χ4n) is 1.53. The topological polar surface area (TPSA) is 76.0 Å². The van der Waals surface area contributed by atoms with Crippen LogP contribution in [0.5, 0.6) is 0 Å². The van der Waals surface area contributed by atoms with Gasteiger partial charge in [0.25, 0.3) is 0 Å². The molecule has 5 nitrogen and oxygen atoms in total. The summed E-state index contributed by atoms with van der Waals surface area (Å²) >= 11 is 2.72. The molecule has 1 N–H and O–H groups in total. The van der Waals surface area contributed by atoms with Crippen molar-refractivity contribution in [2.45, 2.75) is 9.37 Å². The van der Waals surface area contributed by atoms with Crippen molar-refractivity contribution in [3.63, 3.8) is 0 Å². The second kappa shape index (κ2) is 4.94. The molecule has 7 heteroatoms. The van der Waals surface area contributed by atoms with Crippen LogP contribution >= 0.6 is 23.1 Å². The highest BCUT2D eigenvalue weighted by Gasteiger charge is 2.14. The van der Waals surface area contributed by atoms with Gasteiger partial charge >= 0.3 is 5.97 Å². The van der Waals surface area contributed by atoms with Crippen LogP contribution in [0.4, 0.5) is 0 Å². The monoisotopic (exact) mass is 289 g/mol. The highest BCUT2D eigenvalue weighted by molar-refractivity contribution is 8.01. The minimum atomic E-state index is -1.02. The largest absolute Gasteiger partial charge is 0.478 e. The molecule has 94 valence electrons. The lowest BCUT2D eigenvalue weighted by Gasteiger charge is -1.99. The highest BCUT2D eigenvalue weighted by atomic mass is 32.2. The van der Waals surface area contributed by atoms with E-state index >= 15 is 0 Å². The van der Waals surface area contributed by atoms with Crippen LogP contribution in [0.2, 0.25) is 0 Å². The molecule has 0 bridgehead atoms. The number of aromatic carboxylic acids is 1. The third kappa shape index (κ3) is 2.42. The van der Waals surface area contributed by atoms with Gasteiger partial charge in [-0.3, -0.25) is 0 Å². The summed E-state index contributed by atoms with van der Waals surface area (Å²) in [4.78, 5) is 15.5. The van der Waals surface area contributed by atoms with E-state index in [1.54, 1.807) is 0 Å². The van der Waals surface area contributed by atoms with Crippen molar-refractivity contribution in [1.82, 2.24) is 15.2 Å². The van der Waals surface area contributed by atoms with Gasteiger partial charge in [0, 0.05) is 0 Å². The van der Waals surface area contributed by atoms with Crippen LogP contribution in [-0.2, 0) is 0 Å². The Labute approximate surface area is 116 Å². The van der Waals surface area contributed by atoms with Crippen LogP contribution in [0.1, 0.15) is 10.4 Å². The zero-order valence-electron chi connectivity index (χ0n) is 9.48. The molecule has 19 heavy (non-hydrogen) atoms. The summed E-state index contributed by atoms with van der Waals surface area (Å²) in [6, 6.07) is 9.20. The number of thiazole rings is 1. The molecule has 1 aromatic carbocycles. The third-order valence-electron chi connectivity index (χ3n) is 2.38. The second-order valence-electron chi connectivity index (χ2n) is 3.60. The number of carboxylic acids is 1. The Balaban J connectivity index is 1.99. The van der Waals surface area contributed by atoms with E-state index in [9.17, 15) is 4.79 Å². The maximum Gasteiger partial charge on any atom is 0.338 e. The number of para-hydroxylation sites is 1. The number of nitrogens with zero attached hydrogens (tertiary/aromatic N) is 3. The number of rotatable bonds is 3. The SMILES string of the molecule is O=C(O)c1ccnnc1Sc1nc2ccccc2s1. The van der Waals surface area contributed by atoms with Crippen LogP contribution in [0.25, 0.3) is 10.2 Å². The molecule has 0 amide bonds. The standard InChI is InChI=1S/C12H7N3O2S2/c16-11(17)7-5-6-13-15-10(7)19-12-14-8-3-1-2-4-9(8)18-12/h1-6H,(H,16,17). The van der Waals surface area contributed by atoms with E-state index in [2.05, 4.69) is 15.2 Å². The average molecular weight is 289 g/mol. The van der Waals surface area contributed by atoms with Crippen LogP contribution in [0, 0.1) is 0 Å². The van der Waals surface area contributed by atoms with Crippen LogP contribution in [0.3, 0.4) is 0 Å². The molecule has 0 spiro atoms. The van der Waals surface area contributed by atoms with Crippen LogP contribution < -0.4 is 0 Å². The van der Waals surface area contributed by atoms with Gasteiger partial charge in [-0.15, -0.1) is 16.4 Å². The average Bonchev–Trinajstić information content (AvgIpc) is 2.81. The fourth-order valence-corrected chi connectivity index (χ4v) is 3.57. The number of hydrogen-bond acceptors (Lipinski definition) is 6. The van der Waals surface area contributed by atoms with Gasteiger partial charge in [0.1, 0.15) is 5.03 Å². The third-order valence-corrected chi connectivity index (χ3v) is 4.47. The zero-order chi connectivity index (χ0) is 13.2. The Bertz CT molecular complexity index is 724. The number of fused-ring (bicyclic) bond motifs is 1. The Hall–Kier alpha value is -1.99. The van der Waals surface area contributed by atoms with Crippen LogP contribution in [-0.4, -0.2) is 26.3 Å². The fraction of sp³-hybridized carbons (Fsp3) is 0. The van der Waals surface area contributed by atoms with E-state index in [0.717, 1.165) is 14.6 Å². The zero-order valence-corrected chi connectivity index (χ0v) is 11.1. The van der Waals surface area contributed by atoms with Gasteiger partial charge in [0.15, 0.2) is 4.34 Å². The molecule has 0 atom stereocenters. The summed E-state index contributed by atoms with van der Waals surface area (Å²) in [5.41, 5.74) is 1.04. The van der Waals surface area contributed by atoms with Crippen molar-refractivity contribution < 1.29 is 9.90 Å². The smallest absolute Gasteiger partial charge is 0.338 e. The molecular weight excluding hydrogens is 282 g/mol. The predicted molar refractivity (Wildman–Crippen MR) is 72.7 cm³/mol. The molecule has 0 aliphatic heterocycles. The Morgan fingerprint density at radius 1 is 1.26 bits per heavy atom. The van der Waals surface area contributed by atoms with E-state index in [1.165, 1.54) is 35.4 Å². The first-order chi connectivity index (χ1) is 9.24. The van der Waals surface area contributed by atoms with Gasteiger partial charge < -0.3 is 5.11 Å². The lowest BCUT2D eigenvalue weighted by atomic mass is 10.3. The second-order valence-corrected chi connectivity index (χ2v) is 5.87. The molecule has 3 rings (SSSR count). The lowest BCUT2D eigenvalue weighted by molar-refractivity contribution is 0.0692. The predicted octanol–water partition coefficient (Wildman–Crippen LogP) is 2.94. The van der Waals surface area contributed by atoms with E-state index in [1.807, 2.05) is 24.3 Å². The maximum atomic E-state index is 11.1. The molecule has 3 aromatic rings. The number of hydrogen-bond donors (Lipinski definition) is 1. The van der Waals surface area contributed by atoms with Gasteiger partial charge in [0.2, 0.25) is 0 Å². The van der Waals surface area contributed by atoms with E-state index < -0.39 is 5.97 Å². The van der Waals surface area contributed by atoms with Gasteiger partial charge in [-0.2, -0.15) is 5.10 Å². The molecule has 0 saturated heterocycles. The van der Waals surface area contributed by atoms with Gasteiger partial charge in [-0.25, -0.2) is 9.78 Å². The van der Waals surface area contributed by atoms with Gasteiger partial charge in [-0.05, 0) is 30.0 Å². The first-order valence-electron chi connectivity index (χ1n) is 5.32. The molecule has 0 radical (unpaired) electrons. The first-order valence-corrected chi connectivity index (χ1v) is 6.96. The highest BCUT2D eigenvalue weighted by Crippen LogP contribution is 2.34. The van der Waals surface area contributed by atoms with Crippen LogP contribution in [0.15, 0.2) is 45.9 Å². The van der Waals surface area contributed by atoms with Crippen molar-refractivity contribution in [1.29, 1.82) is 0 Å². The van der Waals surface area contributed by atoms with Crippen molar-refractivity contribution in [3.05, 3.63) is 42.1 Å². The quantitative estimate of drug-likeness (QED) is 0.799. The van der Waals surface area contributed by atoms with E-state index in [0.29, 0.717) is 5.03 Å². The summed E-state index contributed by atoms with van der Waals surface area (Å²) < 4.78 is 1.81. The molecule has 0 fully saturated rings. The molecule has 0 aliphatic carbocycles. The Kier molecular flexibility index (Phi) is 3.14. The Morgan fingerprint density at radius 2 is 2.11 bits per heavy atom. The minimum absolute atomic E-state index is 0.138. The number of benzene rings is 1. The summed E-state index contributed by atoms with van der Waals surface area (Å²) in [5, 5.41) is 17.0. The van der Waals surface area contributed by atoms with Crippen molar-refractivity contribution in [2.24, 2.45) is 0 Å². The van der Waals surface area contributed by atoms with Crippen molar-refractivity contribution in [3.8, 4) is 0 Å². The van der Waals surface area contributed by atoms with E-state index in [-0.39, 0.29) is 5.56 Å². The van der Waals surface area contributed by atoms with E-state index in [4.69, 9.17) is 5.11 Å². The molecular formula is C12H7N3O2S2. The van der Waals surface area contributed by atoms with Crippen molar-refractivity contribution >= 4 is 39.3 Å². The van der Waals surface area contributed by atoms with Crippen molar-refractivity contribution in [2.75, 3.05) is 0 Å². The Morgan fingerprint density at radius 3 is 2.89 bits per heavy atom. The molecule has 0 saturated carbocycles. The minimum Gasteiger partial charge on any atom is -0.478 e. The number of carbonyl (C=O) groups is 1.